The maximum Gasteiger partial charge on any atom is 0.251 e. The SMILES string of the molecule is CN=C(NCc1ccc(OC)cc1)NCc1cccc(C(=O)NCC2CCCO2)c1.I. The van der Waals surface area contributed by atoms with E-state index in [1.54, 1.807) is 14.2 Å². The van der Waals surface area contributed by atoms with Crippen molar-refractivity contribution in [3.63, 3.8) is 0 Å². The second-order valence-electron chi connectivity index (χ2n) is 7.17. The highest BCUT2D eigenvalue weighted by Gasteiger charge is 2.16. The van der Waals surface area contributed by atoms with Gasteiger partial charge in [0.25, 0.3) is 5.91 Å². The Morgan fingerprint density at radius 3 is 2.48 bits per heavy atom. The molecule has 8 heteroatoms. The summed E-state index contributed by atoms with van der Waals surface area (Å²) in [7, 11) is 3.39. The molecule has 0 spiro atoms. The lowest BCUT2D eigenvalue weighted by Crippen LogP contribution is -2.36. The molecule has 3 rings (SSSR count). The molecule has 168 valence electrons. The van der Waals surface area contributed by atoms with Gasteiger partial charge in [-0.15, -0.1) is 24.0 Å². The van der Waals surface area contributed by atoms with Gasteiger partial charge >= 0.3 is 0 Å². The first-order valence-electron chi connectivity index (χ1n) is 10.2. The van der Waals surface area contributed by atoms with Crippen LogP contribution < -0.4 is 20.7 Å². The van der Waals surface area contributed by atoms with Crippen LogP contribution in [0.25, 0.3) is 0 Å². The predicted molar refractivity (Wildman–Crippen MR) is 133 cm³/mol. The van der Waals surface area contributed by atoms with Gasteiger partial charge in [0.1, 0.15) is 5.75 Å². The molecular formula is C23H31IN4O3. The van der Waals surface area contributed by atoms with Crippen molar-refractivity contribution in [1.29, 1.82) is 0 Å². The van der Waals surface area contributed by atoms with Crippen molar-refractivity contribution >= 4 is 35.8 Å². The first-order chi connectivity index (χ1) is 14.7. The molecule has 0 radical (unpaired) electrons. The number of amides is 1. The molecule has 1 unspecified atom stereocenters. The number of nitrogens with one attached hydrogen (secondary N) is 3. The Kier molecular flexibility index (Phi) is 10.6. The Hall–Kier alpha value is -2.33. The maximum absolute atomic E-state index is 12.4. The first kappa shape index (κ1) is 24.9. The number of hydrogen-bond donors (Lipinski definition) is 3. The van der Waals surface area contributed by atoms with Crippen LogP contribution in [0, 0.1) is 0 Å². The number of benzene rings is 2. The average Bonchev–Trinajstić information content (AvgIpc) is 3.32. The third-order valence-electron chi connectivity index (χ3n) is 5.01. The number of carbonyl (C=O) groups is 1. The van der Waals surface area contributed by atoms with E-state index in [-0.39, 0.29) is 36.0 Å². The number of nitrogens with zero attached hydrogens (tertiary/aromatic N) is 1. The monoisotopic (exact) mass is 538 g/mol. The smallest absolute Gasteiger partial charge is 0.251 e. The van der Waals surface area contributed by atoms with Crippen molar-refractivity contribution in [2.75, 3.05) is 27.3 Å². The van der Waals surface area contributed by atoms with Crippen LogP contribution in [0.4, 0.5) is 0 Å². The zero-order valence-electron chi connectivity index (χ0n) is 18.0. The molecule has 7 nitrogen and oxygen atoms in total. The molecule has 1 saturated heterocycles. The van der Waals surface area contributed by atoms with Gasteiger partial charge in [-0.2, -0.15) is 0 Å². The van der Waals surface area contributed by atoms with Gasteiger partial charge in [0, 0.05) is 38.9 Å². The van der Waals surface area contributed by atoms with Crippen LogP contribution in [-0.2, 0) is 17.8 Å². The topological polar surface area (TPSA) is 84.0 Å². The summed E-state index contributed by atoms with van der Waals surface area (Å²) in [6, 6.07) is 15.5. The summed E-state index contributed by atoms with van der Waals surface area (Å²) in [5, 5.41) is 9.53. The van der Waals surface area contributed by atoms with E-state index in [1.165, 1.54) is 0 Å². The molecule has 1 aliphatic heterocycles. The van der Waals surface area contributed by atoms with Crippen molar-refractivity contribution in [3.05, 3.63) is 65.2 Å². The third kappa shape index (κ3) is 8.02. The number of hydrogen-bond acceptors (Lipinski definition) is 4. The fourth-order valence-electron chi connectivity index (χ4n) is 3.27. The normalized spacial score (nSPS) is 15.7. The van der Waals surface area contributed by atoms with E-state index in [2.05, 4.69) is 20.9 Å². The molecule has 0 saturated carbocycles. The predicted octanol–water partition coefficient (Wildman–Crippen LogP) is 3.09. The Labute approximate surface area is 201 Å². The Morgan fingerprint density at radius 2 is 1.84 bits per heavy atom. The molecular weight excluding hydrogens is 507 g/mol. The lowest BCUT2D eigenvalue weighted by molar-refractivity contribution is 0.0857. The van der Waals surface area contributed by atoms with Gasteiger partial charge in [0.05, 0.1) is 13.2 Å². The summed E-state index contributed by atoms with van der Waals surface area (Å²) >= 11 is 0. The van der Waals surface area contributed by atoms with Gasteiger partial charge in [-0.05, 0) is 48.2 Å². The van der Waals surface area contributed by atoms with Gasteiger partial charge in [-0.3, -0.25) is 9.79 Å². The number of carbonyl (C=O) groups excluding carboxylic acids is 1. The standard InChI is InChI=1S/C23H30N4O3.HI/c1-24-23(26-14-17-8-10-20(29-2)11-9-17)27-15-18-5-3-6-19(13-18)22(28)25-16-21-7-4-12-30-21;/h3,5-6,8-11,13,21H,4,7,12,14-16H2,1-2H3,(H,25,28)(H2,24,26,27);1H. The minimum atomic E-state index is -0.0747. The lowest BCUT2D eigenvalue weighted by atomic mass is 10.1. The van der Waals surface area contributed by atoms with Crippen molar-refractivity contribution in [2.45, 2.75) is 32.0 Å². The van der Waals surface area contributed by atoms with Crippen molar-refractivity contribution in [3.8, 4) is 5.75 Å². The Morgan fingerprint density at radius 1 is 1.10 bits per heavy atom. The minimum Gasteiger partial charge on any atom is -0.497 e. The van der Waals surface area contributed by atoms with E-state index in [4.69, 9.17) is 9.47 Å². The van der Waals surface area contributed by atoms with Crippen LogP contribution in [-0.4, -0.2) is 45.3 Å². The number of aliphatic imine (C=N–C) groups is 1. The summed E-state index contributed by atoms with van der Waals surface area (Å²) in [4.78, 5) is 16.7. The number of guanidine groups is 1. The van der Waals surface area contributed by atoms with E-state index in [1.807, 2.05) is 48.5 Å². The van der Waals surface area contributed by atoms with E-state index < -0.39 is 0 Å². The molecule has 1 aliphatic rings. The molecule has 1 atom stereocenters. The molecule has 3 N–H and O–H groups in total. The molecule has 2 aromatic rings. The second-order valence-corrected chi connectivity index (χ2v) is 7.17. The van der Waals surface area contributed by atoms with E-state index in [0.717, 1.165) is 36.3 Å². The summed E-state index contributed by atoms with van der Waals surface area (Å²) in [5.41, 5.74) is 2.78. The number of halogens is 1. The highest BCUT2D eigenvalue weighted by Crippen LogP contribution is 2.12. The zero-order valence-corrected chi connectivity index (χ0v) is 20.3. The quantitative estimate of drug-likeness (QED) is 0.274. The Balaban J connectivity index is 0.00000341. The van der Waals surface area contributed by atoms with Gasteiger partial charge in [0.2, 0.25) is 0 Å². The van der Waals surface area contributed by atoms with Crippen LogP contribution in [0.2, 0.25) is 0 Å². The molecule has 31 heavy (non-hydrogen) atoms. The lowest BCUT2D eigenvalue weighted by Gasteiger charge is -2.13. The van der Waals surface area contributed by atoms with E-state index in [9.17, 15) is 4.79 Å². The van der Waals surface area contributed by atoms with Crippen molar-refractivity contribution in [1.82, 2.24) is 16.0 Å². The van der Waals surface area contributed by atoms with Gasteiger partial charge in [0.15, 0.2) is 5.96 Å². The van der Waals surface area contributed by atoms with Crippen LogP contribution >= 0.6 is 24.0 Å². The highest BCUT2D eigenvalue weighted by molar-refractivity contribution is 14.0. The number of ether oxygens (including phenoxy) is 2. The second kappa shape index (κ2) is 13.2. The van der Waals surface area contributed by atoms with Crippen LogP contribution in [0.5, 0.6) is 5.75 Å². The van der Waals surface area contributed by atoms with Crippen molar-refractivity contribution in [2.24, 2.45) is 4.99 Å². The highest BCUT2D eigenvalue weighted by atomic mass is 127. The van der Waals surface area contributed by atoms with Gasteiger partial charge in [-0.25, -0.2) is 0 Å². The summed E-state index contributed by atoms with van der Waals surface area (Å²) in [6.07, 6.45) is 2.21. The van der Waals surface area contributed by atoms with E-state index >= 15 is 0 Å². The molecule has 0 bridgehead atoms. The Bertz CT molecular complexity index is 852. The third-order valence-corrected chi connectivity index (χ3v) is 5.01. The molecule has 2 aromatic carbocycles. The van der Waals surface area contributed by atoms with Crippen LogP contribution in [0.1, 0.15) is 34.3 Å². The van der Waals surface area contributed by atoms with Crippen molar-refractivity contribution < 1.29 is 14.3 Å². The molecule has 1 amide bonds. The van der Waals surface area contributed by atoms with Gasteiger partial charge < -0.3 is 25.4 Å². The maximum atomic E-state index is 12.4. The average molecular weight is 538 g/mol. The van der Waals surface area contributed by atoms with E-state index in [0.29, 0.717) is 31.2 Å². The molecule has 1 heterocycles. The number of rotatable bonds is 8. The fourth-order valence-corrected chi connectivity index (χ4v) is 3.27. The van der Waals surface area contributed by atoms with Crippen LogP contribution in [0.15, 0.2) is 53.5 Å². The van der Waals surface area contributed by atoms with Gasteiger partial charge in [-0.1, -0.05) is 24.3 Å². The minimum absolute atomic E-state index is 0. The fraction of sp³-hybridized carbons (Fsp3) is 0.391. The molecule has 0 aromatic heterocycles. The largest absolute Gasteiger partial charge is 0.497 e. The first-order valence-corrected chi connectivity index (χ1v) is 10.2. The zero-order chi connectivity index (χ0) is 21.2. The summed E-state index contributed by atoms with van der Waals surface area (Å²) in [6.45, 7) is 2.56. The molecule has 1 fully saturated rings. The summed E-state index contributed by atoms with van der Waals surface area (Å²) in [5.74, 6) is 1.45. The number of methoxy groups -OCH3 is 1. The van der Waals surface area contributed by atoms with Crippen LogP contribution in [0.3, 0.4) is 0 Å². The molecule has 0 aliphatic carbocycles. The summed E-state index contributed by atoms with van der Waals surface area (Å²) < 4.78 is 10.7.